The summed E-state index contributed by atoms with van der Waals surface area (Å²) in [5.41, 5.74) is 1.64. The highest BCUT2D eigenvalue weighted by molar-refractivity contribution is 6.00. The van der Waals surface area contributed by atoms with Gasteiger partial charge in [-0.1, -0.05) is 32.9 Å². The fourth-order valence-electron chi connectivity index (χ4n) is 5.23. The Hall–Kier alpha value is -2.61. The second-order valence-electron chi connectivity index (χ2n) is 11.2. The number of rotatable bonds is 5. The molecule has 0 radical (unpaired) electrons. The molecule has 1 aromatic carbocycles. The van der Waals surface area contributed by atoms with Crippen molar-refractivity contribution in [2.45, 2.75) is 65.0 Å². The molecule has 4 rings (SSSR count). The molecule has 3 fully saturated rings. The van der Waals surface area contributed by atoms with Crippen molar-refractivity contribution in [2.24, 2.45) is 5.41 Å². The molecule has 3 amide bonds. The van der Waals surface area contributed by atoms with Crippen LogP contribution in [0.5, 0.6) is 0 Å². The molecular formula is C27H40N4O4. The number of carbonyl (C=O) groups is 3. The molecule has 3 aliphatic heterocycles. The van der Waals surface area contributed by atoms with Gasteiger partial charge in [0.25, 0.3) is 11.8 Å². The van der Waals surface area contributed by atoms with Crippen LogP contribution in [-0.4, -0.2) is 85.5 Å². The normalized spacial score (nSPS) is 21.8. The van der Waals surface area contributed by atoms with Crippen molar-refractivity contribution in [3.8, 4) is 0 Å². The van der Waals surface area contributed by atoms with Gasteiger partial charge in [0, 0.05) is 64.0 Å². The van der Waals surface area contributed by atoms with Crippen molar-refractivity contribution >= 4 is 23.4 Å². The van der Waals surface area contributed by atoms with Crippen LogP contribution in [0.3, 0.4) is 0 Å². The van der Waals surface area contributed by atoms with Crippen LogP contribution in [0.25, 0.3) is 0 Å². The first-order chi connectivity index (χ1) is 16.7. The maximum atomic E-state index is 13.5. The molecule has 192 valence electrons. The lowest BCUT2D eigenvalue weighted by Gasteiger charge is -2.38. The van der Waals surface area contributed by atoms with Crippen molar-refractivity contribution < 1.29 is 19.1 Å². The van der Waals surface area contributed by atoms with Crippen LogP contribution >= 0.6 is 0 Å². The summed E-state index contributed by atoms with van der Waals surface area (Å²) in [6, 6.07) is 7.98. The van der Waals surface area contributed by atoms with Gasteiger partial charge in [0.15, 0.2) is 0 Å². The lowest BCUT2D eigenvalue weighted by atomic mass is 9.91. The number of para-hydroxylation sites is 1. The van der Waals surface area contributed by atoms with E-state index in [0.29, 0.717) is 44.8 Å². The van der Waals surface area contributed by atoms with Crippen LogP contribution in [0.4, 0.5) is 5.69 Å². The third-order valence-electron chi connectivity index (χ3n) is 7.11. The van der Waals surface area contributed by atoms with Gasteiger partial charge in [-0.25, -0.2) is 0 Å². The van der Waals surface area contributed by atoms with E-state index < -0.39 is 0 Å². The molecule has 1 N–H and O–H groups in total. The molecule has 3 aliphatic rings. The van der Waals surface area contributed by atoms with E-state index in [-0.39, 0.29) is 35.3 Å². The molecule has 0 aromatic heterocycles. The van der Waals surface area contributed by atoms with Crippen LogP contribution < -0.4 is 10.2 Å². The lowest BCUT2D eigenvalue weighted by molar-refractivity contribution is -0.142. The predicted octanol–water partition coefficient (Wildman–Crippen LogP) is 2.67. The first-order valence-electron chi connectivity index (χ1n) is 13.0. The summed E-state index contributed by atoms with van der Waals surface area (Å²) in [4.78, 5) is 44.4. The second-order valence-corrected chi connectivity index (χ2v) is 11.2. The zero-order valence-corrected chi connectivity index (χ0v) is 21.4. The Morgan fingerprint density at radius 2 is 1.60 bits per heavy atom. The third-order valence-corrected chi connectivity index (χ3v) is 7.11. The number of ether oxygens (including phenoxy) is 1. The van der Waals surface area contributed by atoms with E-state index in [0.717, 1.165) is 44.5 Å². The molecule has 0 saturated carbocycles. The Balaban J connectivity index is 1.32. The Bertz CT molecular complexity index is 906. The van der Waals surface area contributed by atoms with Crippen LogP contribution in [-0.2, 0) is 14.3 Å². The lowest BCUT2D eigenvalue weighted by Crippen LogP contribution is -2.53. The smallest absolute Gasteiger partial charge is 0.256 e. The average Bonchev–Trinajstić information content (AvgIpc) is 3.38. The number of anilines is 1. The topological polar surface area (TPSA) is 82.2 Å². The predicted molar refractivity (Wildman–Crippen MR) is 135 cm³/mol. The van der Waals surface area contributed by atoms with E-state index in [4.69, 9.17) is 4.74 Å². The van der Waals surface area contributed by atoms with Crippen molar-refractivity contribution in [3.63, 3.8) is 0 Å². The quantitative estimate of drug-likeness (QED) is 0.695. The number of piperidine rings is 1. The minimum Gasteiger partial charge on any atom is -0.371 e. The SMILES string of the molecule is CC(C)(C)CC(=O)NC1CCN(c2ccccc2C(=O)N2CCN(C(=O)[C@H]3CCCO3)CC2)CC1. The van der Waals surface area contributed by atoms with Crippen LogP contribution in [0.15, 0.2) is 24.3 Å². The van der Waals surface area contributed by atoms with Gasteiger partial charge in [0.2, 0.25) is 5.91 Å². The van der Waals surface area contributed by atoms with Gasteiger partial charge in [-0.2, -0.15) is 0 Å². The van der Waals surface area contributed by atoms with Gasteiger partial charge in [0.1, 0.15) is 6.10 Å². The molecular weight excluding hydrogens is 444 g/mol. The molecule has 1 aromatic rings. The minimum atomic E-state index is -0.306. The zero-order chi connectivity index (χ0) is 25.0. The summed E-state index contributed by atoms with van der Waals surface area (Å²) in [7, 11) is 0. The molecule has 8 nitrogen and oxygen atoms in total. The third kappa shape index (κ3) is 6.54. The number of carbonyl (C=O) groups excluding carboxylic acids is 3. The van der Waals surface area contributed by atoms with E-state index in [1.54, 1.807) is 0 Å². The Morgan fingerprint density at radius 3 is 2.23 bits per heavy atom. The average molecular weight is 485 g/mol. The molecule has 0 spiro atoms. The Kier molecular flexibility index (Phi) is 7.99. The van der Waals surface area contributed by atoms with Gasteiger partial charge < -0.3 is 24.8 Å². The van der Waals surface area contributed by atoms with E-state index >= 15 is 0 Å². The van der Waals surface area contributed by atoms with Gasteiger partial charge in [-0.3, -0.25) is 14.4 Å². The Morgan fingerprint density at radius 1 is 0.943 bits per heavy atom. The second kappa shape index (κ2) is 11.0. The number of piperazine rings is 1. The molecule has 35 heavy (non-hydrogen) atoms. The minimum absolute atomic E-state index is 0.0189. The maximum absolute atomic E-state index is 13.5. The van der Waals surface area contributed by atoms with E-state index in [1.165, 1.54) is 0 Å². The summed E-state index contributed by atoms with van der Waals surface area (Å²) < 4.78 is 5.54. The van der Waals surface area contributed by atoms with Crippen LogP contribution in [0, 0.1) is 5.41 Å². The number of hydrogen-bond acceptors (Lipinski definition) is 5. The number of nitrogens with one attached hydrogen (secondary N) is 1. The van der Waals surface area contributed by atoms with Crippen molar-refractivity contribution in [1.82, 2.24) is 15.1 Å². The number of nitrogens with zero attached hydrogens (tertiary/aromatic N) is 3. The largest absolute Gasteiger partial charge is 0.371 e. The molecule has 1 atom stereocenters. The van der Waals surface area contributed by atoms with Gasteiger partial charge in [-0.05, 0) is 43.2 Å². The van der Waals surface area contributed by atoms with Crippen LogP contribution in [0.2, 0.25) is 0 Å². The fraction of sp³-hybridized carbons (Fsp3) is 0.667. The molecule has 0 unspecified atom stereocenters. The van der Waals surface area contributed by atoms with Gasteiger partial charge >= 0.3 is 0 Å². The number of benzene rings is 1. The van der Waals surface area contributed by atoms with E-state index in [2.05, 4.69) is 31.0 Å². The van der Waals surface area contributed by atoms with Crippen molar-refractivity contribution in [3.05, 3.63) is 29.8 Å². The maximum Gasteiger partial charge on any atom is 0.256 e. The number of hydrogen-bond donors (Lipinski definition) is 1. The monoisotopic (exact) mass is 484 g/mol. The Labute approximate surface area is 209 Å². The van der Waals surface area contributed by atoms with Gasteiger partial charge in [0.05, 0.1) is 5.56 Å². The first-order valence-corrected chi connectivity index (χ1v) is 13.0. The number of amides is 3. The highest BCUT2D eigenvalue weighted by atomic mass is 16.5. The fourth-order valence-corrected chi connectivity index (χ4v) is 5.23. The highest BCUT2D eigenvalue weighted by Crippen LogP contribution is 2.27. The standard InChI is InChI=1S/C27H40N4O4/c1-27(2,3)19-24(32)28-20-10-12-29(13-11-20)22-8-5-4-7-21(22)25(33)30-14-16-31(17-15-30)26(34)23-9-6-18-35-23/h4-5,7-8,20,23H,6,9-19H2,1-3H3,(H,28,32)/t23-/m1/s1. The molecule has 0 bridgehead atoms. The van der Waals surface area contributed by atoms with E-state index in [1.807, 2.05) is 34.1 Å². The highest BCUT2D eigenvalue weighted by Gasteiger charge is 2.32. The zero-order valence-electron chi connectivity index (χ0n) is 21.4. The summed E-state index contributed by atoms with van der Waals surface area (Å²) in [5, 5.41) is 3.19. The molecule has 3 saturated heterocycles. The summed E-state index contributed by atoms with van der Waals surface area (Å²) in [6.07, 6.45) is 3.68. The molecule has 8 heteroatoms. The van der Waals surface area contributed by atoms with Crippen LogP contribution in [0.1, 0.15) is 63.2 Å². The van der Waals surface area contributed by atoms with Crippen molar-refractivity contribution in [2.75, 3.05) is 50.8 Å². The van der Waals surface area contributed by atoms with Gasteiger partial charge in [-0.15, -0.1) is 0 Å². The first kappa shape index (κ1) is 25.5. The summed E-state index contributed by atoms with van der Waals surface area (Å²) in [5.74, 6) is 0.196. The van der Waals surface area contributed by atoms with E-state index in [9.17, 15) is 14.4 Å². The molecule has 3 heterocycles. The summed E-state index contributed by atoms with van der Waals surface area (Å²) >= 11 is 0. The molecule has 0 aliphatic carbocycles. The summed E-state index contributed by atoms with van der Waals surface area (Å²) in [6.45, 7) is 10.6. The van der Waals surface area contributed by atoms with Crippen molar-refractivity contribution in [1.29, 1.82) is 0 Å².